The number of amides is 1. The maximum Gasteiger partial charge on any atom is 0.407 e. The van der Waals surface area contributed by atoms with E-state index in [1.807, 2.05) is 0 Å². The molecule has 3 N–H and O–H groups in total. The van der Waals surface area contributed by atoms with E-state index >= 15 is 0 Å². The molecule has 0 aromatic carbocycles. The molecule has 1 aromatic heterocycles. The summed E-state index contributed by atoms with van der Waals surface area (Å²) in [6, 6.07) is 3.16. The molecular weight excluding hydrogens is 208 g/mol. The number of hydrogen-bond donors (Lipinski definition) is 2. The van der Waals surface area contributed by atoms with E-state index in [-0.39, 0.29) is 12.6 Å². The highest BCUT2D eigenvalue weighted by molar-refractivity contribution is 5.67. The molecule has 0 aliphatic rings. The molecule has 0 spiro atoms. The summed E-state index contributed by atoms with van der Waals surface area (Å²) in [7, 11) is 0. The average Bonchev–Trinajstić information content (AvgIpc) is 2.64. The highest BCUT2D eigenvalue weighted by atomic mass is 16.6. The minimum Gasteiger partial charge on any atom is -0.468 e. The van der Waals surface area contributed by atoms with E-state index in [2.05, 4.69) is 5.32 Å². The van der Waals surface area contributed by atoms with Crippen LogP contribution >= 0.6 is 0 Å². The second-order valence-electron chi connectivity index (χ2n) is 4.50. The van der Waals surface area contributed by atoms with Gasteiger partial charge in [0.25, 0.3) is 0 Å². The third-order valence-corrected chi connectivity index (χ3v) is 1.77. The van der Waals surface area contributed by atoms with Gasteiger partial charge in [-0.3, -0.25) is 0 Å². The Labute approximate surface area is 94.9 Å². The summed E-state index contributed by atoms with van der Waals surface area (Å²) >= 11 is 0. The second kappa shape index (κ2) is 5.03. The van der Waals surface area contributed by atoms with Crippen molar-refractivity contribution in [1.82, 2.24) is 5.32 Å². The summed E-state index contributed by atoms with van der Waals surface area (Å²) in [5.41, 5.74) is 5.29. The maximum absolute atomic E-state index is 11.3. The van der Waals surface area contributed by atoms with Crippen molar-refractivity contribution in [3.8, 4) is 0 Å². The van der Waals surface area contributed by atoms with Gasteiger partial charge in [-0.2, -0.15) is 0 Å². The van der Waals surface area contributed by atoms with Crippen molar-refractivity contribution in [3.63, 3.8) is 0 Å². The van der Waals surface area contributed by atoms with Gasteiger partial charge in [0.15, 0.2) is 0 Å². The highest BCUT2D eigenvalue weighted by Crippen LogP contribution is 2.10. The third-order valence-electron chi connectivity index (χ3n) is 1.77. The van der Waals surface area contributed by atoms with Gasteiger partial charge in [-0.1, -0.05) is 0 Å². The summed E-state index contributed by atoms with van der Waals surface area (Å²) in [6.07, 6.45) is 1.07. The molecule has 16 heavy (non-hydrogen) atoms. The molecule has 0 fully saturated rings. The topological polar surface area (TPSA) is 77.5 Å². The van der Waals surface area contributed by atoms with Crippen LogP contribution in [-0.4, -0.2) is 18.2 Å². The smallest absolute Gasteiger partial charge is 0.407 e. The number of carbonyl (C=O) groups is 1. The lowest BCUT2D eigenvalue weighted by Gasteiger charge is -2.20. The molecule has 1 atom stereocenters. The molecule has 1 aromatic rings. The molecule has 5 heteroatoms. The van der Waals surface area contributed by atoms with Crippen LogP contribution < -0.4 is 11.1 Å². The van der Waals surface area contributed by atoms with Crippen molar-refractivity contribution < 1.29 is 13.9 Å². The predicted molar refractivity (Wildman–Crippen MR) is 59.9 cm³/mol. The molecule has 0 radical (unpaired) electrons. The van der Waals surface area contributed by atoms with Crippen LogP contribution in [-0.2, 0) is 4.74 Å². The van der Waals surface area contributed by atoms with E-state index in [1.54, 1.807) is 39.2 Å². The molecule has 0 aliphatic heterocycles. The van der Waals surface area contributed by atoms with E-state index in [4.69, 9.17) is 14.9 Å². The molecule has 1 rings (SSSR count). The van der Waals surface area contributed by atoms with Gasteiger partial charge >= 0.3 is 6.09 Å². The van der Waals surface area contributed by atoms with Gasteiger partial charge in [0.2, 0.25) is 0 Å². The van der Waals surface area contributed by atoms with Crippen LogP contribution in [0.15, 0.2) is 22.8 Å². The first-order chi connectivity index (χ1) is 7.38. The third kappa shape index (κ3) is 4.35. The lowest BCUT2D eigenvalue weighted by molar-refractivity contribution is 0.0523. The standard InChI is InChI=1S/C11H18N2O3/c1-11(2,3)16-10(14)13-7-8(12)9-5-4-6-15-9/h4-6,8H,7,12H2,1-3H3,(H,13,14). The number of hydrogen-bond acceptors (Lipinski definition) is 4. The maximum atomic E-state index is 11.3. The summed E-state index contributed by atoms with van der Waals surface area (Å²) in [4.78, 5) is 11.3. The normalized spacial score (nSPS) is 13.2. The fourth-order valence-corrected chi connectivity index (χ4v) is 1.11. The van der Waals surface area contributed by atoms with Gasteiger partial charge in [-0.05, 0) is 32.9 Å². The molecule has 1 heterocycles. The van der Waals surface area contributed by atoms with Crippen molar-refractivity contribution >= 4 is 6.09 Å². The van der Waals surface area contributed by atoms with Crippen LogP contribution in [0.4, 0.5) is 4.79 Å². The molecule has 0 bridgehead atoms. The molecule has 5 nitrogen and oxygen atoms in total. The van der Waals surface area contributed by atoms with Crippen molar-refractivity contribution in [1.29, 1.82) is 0 Å². The minimum absolute atomic E-state index is 0.280. The van der Waals surface area contributed by atoms with Crippen LogP contribution in [0.3, 0.4) is 0 Å². The fraction of sp³-hybridized carbons (Fsp3) is 0.545. The predicted octanol–water partition coefficient (Wildman–Crippen LogP) is 1.80. The Balaban J connectivity index is 2.32. The van der Waals surface area contributed by atoms with E-state index in [0.717, 1.165) is 0 Å². The molecule has 1 unspecified atom stereocenters. The molecule has 0 aliphatic carbocycles. The lowest BCUT2D eigenvalue weighted by atomic mass is 10.2. The number of nitrogens with two attached hydrogens (primary N) is 1. The van der Waals surface area contributed by atoms with E-state index in [1.165, 1.54) is 0 Å². The SMILES string of the molecule is CC(C)(C)OC(=O)NCC(N)c1ccco1. The largest absolute Gasteiger partial charge is 0.468 e. The van der Waals surface area contributed by atoms with E-state index < -0.39 is 11.7 Å². The number of nitrogens with one attached hydrogen (secondary N) is 1. The van der Waals surface area contributed by atoms with Gasteiger partial charge in [0.1, 0.15) is 11.4 Å². The number of carbonyl (C=O) groups excluding carboxylic acids is 1. The molecule has 0 saturated carbocycles. The van der Waals surface area contributed by atoms with Crippen molar-refractivity contribution in [2.45, 2.75) is 32.4 Å². The summed E-state index contributed by atoms with van der Waals surface area (Å²) < 4.78 is 10.2. The molecular formula is C11H18N2O3. The van der Waals surface area contributed by atoms with Gasteiger partial charge in [0.05, 0.1) is 12.3 Å². The Hall–Kier alpha value is -1.49. The Kier molecular flexibility index (Phi) is 3.95. The first-order valence-electron chi connectivity index (χ1n) is 5.14. The van der Waals surface area contributed by atoms with Crippen LogP contribution in [0.2, 0.25) is 0 Å². The molecule has 0 saturated heterocycles. The van der Waals surface area contributed by atoms with Crippen LogP contribution in [0.5, 0.6) is 0 Å². The zero-order valence-corrected chi connectivity index (χ0v) is 9.82. The number of rotatable bonds is 3. The highest BCUT2D eigenvalue weighted by Gasteiger charge is 2.17. The van der Waals surface area contributed by atoms with Crippen LogP contribution in [0.1, 0.15) is 32.6 Å². The van der Waals surface area contributed by atoms with Gasteiger partial charge in [0, 0.05) is 6.54 Å². The monoisotopic (exact) mass is 226 g/mol. The summed E-state index contributed by atoms with van der Waals surface area (Å²) in [5, 5.41) is 2.58. The number of ether oxygens (including phenoxy) is 1. The minimum atomic E-state index is -0.501. The van der Waals surface area contributed by atoms with E-state index in [9.17, 15) is 4.79 Å². The Morgan fingerprint density at radius 1 is 1.62 bits per heavy atom. The summed E-state index contributed by atoms with van der Waals surface area (Å²) in [5.74, 6) is 0.635. The zero-order chi connectivity index (χ0) is 12.2. The Morgan fingerprint density at radius 3 is 2.81 bits per heavy atom. The Bertz CT molecular complexity index is 327. The second-order valence-corrected chi connectivity index (χ2v) is 4.50. The fourth-order valence-electron chi connectivity index (χ4n) is 1.11. The van der Waals surface area contributed by atoms with Crippen molar-refractivity contribution in [2.75, 3.05) is 6.54 Å². The van der Waals surface area contributed by atoms with Crippen LogP contribution in [0, 0.1) is 0 Å². The number of furan rings is 1. The lowest BCUT2D eigenvalue weighted by Crippen LogP contribution is -2.36. The molecule has 90 valence electrons. The van der Waals surface area contributed by atoms with Gasteiger partial charge in [-0.15, -0.1) is 0 Å². The van der Waals surface area contributed by atoms with Gasteiger partial charge < -0.3 is 20.2 Å². The average molecular weight is 226 g/mol. The quantitative estimate of drug-likeness (QED) is 0.823. The van der Waals surface area contributed by atoms with Crippen molar-refractivity contribution in [3.05, 3.63) is 24.2 Å². The molecule has 1 amide bonds. The zero-order valence-electron chi connectivity index (χ0n) is 9.82. The Morgan fingerprint density at radius 2 is 2.31 bits per heavy atom. The first-order valence-corrected chi connectivity index (χ1v) is 5.14. The van der Waals surface area contributed by atoms with E-state index in [0.29, 0.717) is 5.76 Å². The van der Waals surface area contributed by atoms with Gasteiger partial charge in [-0.25, -0.2) is 4.79 Å². The van der Waals surface area contributed by atoms with Crippen LogP contribution in [0.25, 0.3) is 0 Å². The first kappa shape index (κ1) is 12.6. The van der Waals surface area contributed by atoms with Crippen molar-refractivity contribution in [2.24, 2.45) is 5.73 Å². The summed E-state index contributed by atoms with van der Waals surface area (Å²) in [6.45, 7) is 5.69. The number of alkyl carbamates (subject to hydrolysis) is 1.